The molecule has 0 bridgehead atoms. The molecule has 5 aliphatic carbocycles. The zero-order valence-corrected chi connectivity index (χ0v) is 39.2. The van der Waals surface area contributed by atoms with Crippen molar-refractivity contribution in [2.75, 3.05) is 19.8 Å². The van der Waals surface area contributed by atoms with Crippen molar-refractivity contribution in [3.8, 4) is 0 Å². The van der Waals surface area contributed by atoms with Crippen molar-refractivity contribution in [2.45, 2.75) is 223 Å². The van der Waals surface area contributed by atoms with Crippen LogP contribution >= 0.6 is 0 Å². The van der Waals surface area contributed by atoms with Gasteiger partial charge in [0.05, 0.1) is 55.4 Å². The van der Waals surface area contributed by atoms with E-state index in [1.54, 1.807) is 13.8 Å². The van der Waals surface area contributed by atoms with Crippen molar-refractivity contribution in [1.29, 1.82) is 0 Å². The molecule has 24 atom stereocenters. The lowest BCUT2D eigenvalue weighted by atomic mass is 9.41. The van der Waals surface area contributed by atoms with Gasteiger partial charge in [0.1, 0.15) is 42.7 Å². The average Bonchev–Trinajstić information content (AvgIpc) is 3.58. The lowest BCUT2D eigenvalue weighted by molar-refractivity contribution is -0.359. The molecule has 18 heteroatoms. The van der Waals surface area contributed by atoms with E-state index < -0.39 is 115 Å². The summed E-state index contributed by atoms with van der Waals surface area (Å²) in [6, 6.07) is 0. The van der Waals surface area contributed by atoms with Gasteiger partial charge in [-0.2, -0.15) is 0 Å². The highest BCUT2D eigenvalue weighted by Crippen LogP contribution is 2.89. The predicted octanol–water partition coefficient (Wildman–Crippen LogP) is 0.397. The highest BCUT2D eigenvalue weighted by atomic mass is 16.8. The van der Waals surface area contributed by atoms with Gasteiger partial charge in [0.15, 0.2) is 31.1 Å². The molecule has 2 spiro atoms. The van der Waals surface area contributed by atoms with E-state index in [4.69, 9.17) is 37.9 Å². The van der Waals surface area contributed by atoms with E-state index in [1.165, 1.54) is 6.92 Å². The standard InChI is InChI=1S/C47H76O18/c1-21(48)61-34-25(52)19-60-40(35(34)64-39-33(56)31(54)24(51)18-59-39)63-28-10-12-47-20-46(47)14-13-43(6)36(45(8)11-9-29(65-45)42(4,5)57)22(49)16-44(43,7)27(46)15-26(37(47)41(28,2)3)62-38-32(55)30(53)23(50)17-58-38/h22-40,49-57H,9-20H2,1-8H3/t22-,23?,24?,25?,26-,27?,28-,29-,30?,31?,32?,33?,34?,35?,36?,37-,38?,39?,40?,43+,44-,45+,46-,47+/m0/s1. The summed E-state index contributed by atoms with van der Waals surface area (Å²) >= 11 is 0. The second-order valence-corrected chi connectivity index (χ2v) is 23.6. The molecule has 4 saturated heterocycles. The molecule has 5 saturated carbocycles. The topological polar surface area (TPSA) is 273 Å². The van der Waals surface area contributed by atoms with Crippen LogP contribution in [0.4, 0.5) is 0 Å². The van der Waals surface area contributed by atoms with E-state index in [0.29, 0.717) is 25.7 Å². The Kier molecular flexibility index (Phi) is 12.4. The lowest BCUT2D eigenvalue weighted by Crippen LogP contribution is -2.65. The van der Waals surface area contributed by atoms with Gasteiger partial charge >= 0.3 is 5.97 Å². The normalized spacial score (nSPS) is 56.2. The number of esters is 1. The zero-order chi connectivity index (χ0) is 47.2. The van der Waals surface area contributed by atoms with E-state index >= 15 is 0 Å². The van der Waals surface area contributed by atoms with Crippen LogP contribution in [-0.4, -0.2) is 181 Å². The number of rotatable bonds is 9. The number of hydrogen-bond donors (Lipinski definition) is 9. The van der Waals surface area contributed by atoms with Gasteiger partial charge in [-0.3, -0.25) is 4.79 Å². The maximum absolute atomic E-state index is 12.4. The summed E-state index contributed by atoms with van der Waals surface area (Å²) in [5.41, 5.74) is -3.47. The van der Waals surface area contributed by atoms with Crippen LogP contribution in [0.5, 0.6) is 0 Å². The molecule has 0 radical (unpaired) electrons. The van der Waals surface area contributed by atoms with Gasteiger partial charge in [-0.15, -0.1) is 0 Å². The average molecular weight is 929 g/mol. The molecule has 0 amide bonds. The number of carbonyl (C=O) groups excluding carboxylic acids is 1. The third-order valence-electron chi connectivity index (χ3n) is 19.2. The number of aliphatic hydroxyl groups is 9. The highest BCUT2D eigenvalue weighted by molar-refractivity contribution is 5.66. The fourth-order valence-electron chi connectivity index (χ4n) is 16.1. The van der Waals surface area contributed by atoms with E-state index in [2.05, 4.69) is 34.6 Å². The summed E-state index contributed by atoms with van der Waals surface area (Å²) in [6.07, 6.45) is -12.5. The molecule has 9 fully saturated rings. The Hall–Kier alpha value is -1.17. The molecule has 0 aromatic carbocycles. The van der Waals surface area contributed by atoms with Crippen LogP contribution < -0.4 is 0 Å². The first-order chi connectivity index (χ1) is 30.2. The van der Waals surface area contributed by atoms with Gasteiger partial charge in [-0.1, -0.05) is 27.7 Å². The Morgan fingerprint density at radius 2 is 1.23 bits per heavy atom. The van der Waals surface area contributed by atoms with Crippen molar-refractivity contribution in [1.82, 2.24) is 0 Å². The SMILES string of the molecule is CC(=O)OC1C(O)COC(O[C@H]2CC[C@]34C[C@]35CC[C@]3(C)C([C@@]6(C)CC[C@@H](C(C)(C)O)O6)[C@@H](O)C[C@@]3(C)C5C[C@H](OC3OCC(O)C(O)C3O)[C@H]4C2(C)C)C1OC1OCC(O)C(O)C1O. The van der Waals surface area contributed by atoms with Crippen molar-refractivity contribution in [3.63, 3.8) is 0 Å². The Bertz CT molecular complexity index is 1780. The Balaban J connectivity index is 1.04. The fourth-order valence-corrected chi connectivity index (χ4v) is 16.1. The summed E-state index contributed by atoms with van der Waals surface area (Å²) in [7, 11) is 0. The number of fused-ring (bicyclic) bond motifs is 2. The van der Waals surface area contributed by atoms with Crippen LogP contribution in [-0.2, 0) is 42.7 Å². The summed E-state index contributed by atoms with van der Waals surface area (Å²) in [5.74, 6) is -1.02. The molecule has 4 aliphatic heterocycles. The molecule has 18 nitrogen and oxygen atoms in total. The maximum Gasteiger partial charge on any atom is 0.303 e. The van der Waals surface area contributed by atoms with Gasteiger partial charge in [0, 0.05) is 12.8 Å². The second kappa shape index (κ2) is 16.5. The molecule has 14 unspecified atom stereocenters. The van der Waals surface area contributed by atoms with Gasteiger partial charge in [0.25, 0.3) is 0 Å². The molecule has 9 N–H and O–H groups in total. The lowest BCUT2D eigenvalue weighted by Gasteiger charge is -2.65. The predicted molar refractivity (Wildman–Crippen MR) is 224 cm³/mol. The van der Waals surface area contributed by atoms with Crippen LogP contribution in [0.3, 0.4) is 0 Å². The Morgan fingerprint density at radius 1 is 0.631 bits per heavy atom. The summed E-state index contributed by atoms with van der Waals surface area (Å²) in [4.78, 5) is 12.4. The van der Waals surface area contributed by atoms with Crippen molar-refractivity contribution in [3.05, 3.63) is 0 Å². The Labute approximate surface area is 381 Å². The van der Waals surface area contributed by atoms with E-state index in [1.807, 2.05) is 0 Å². The molecule has 372 valence electrons. The first-order valence-electron chi connectivity index (χ1n) is 24.1. The minimum absolute atomic E-state index is 0.0791. The molecular formula is C47H76O18. The zero-order valence-electron chi connectivity index (χ0n) is 39.2. The number of carbonyl (C=O) groups is 1. The van der Waals surface area contributed by atoms with Crippen LogP contribution in [0.1, 0.15) is 113 Å². The Morgan fingerprint density at radius 3 is 1.83 bits per heavy atom. The summed E-state index contributed by atoms with van der Waals surface area (Å²) in [5, 5.41) is 98.3. The molecule has 0 aromatic heterocycles. The largest absolute Gasteiger partial charge is 0.457 e. The summed E-state index contributed by atoms with van der Waals surface area (Å²) in [6.45, 7) is 14.9. The highest BCUT2D eigenvalue weighted by Gasteiger charge is 2.85. The number of hydrogen-bond acceptors (Lipinski definition) is 18. The van der Waals surface area contributed by atoms with Crippen LogP contribution in [0, 0.1) is 44.8 Å². The molecule has 0 aromatic rings. The van der Waals surface area contributed by atoms with Crippen molar-refractivity contribution < 1.29 is 88.6 Å². The monoisotopic (exact) mass is 929 g/mol. The van der Waals surface area contributed by atoms with Gasteiger partial charge in [0.2, 0.25) is 0 Å². The molecule has 65 heavy (non-hydrogen) atoms. The number of ether oxygens (including phenoxy) is 8. The second-order valence-electron chi connectivity index (χ2n) is 23.6. The van der Waals surface area contributed by atoms with Crippen LogP contribution in [0.2, 0.25) is 0 Å². The molecule has 4 heterocycles. The first-order valence-corrected chi connectivity index (χ1v) is 24.1. The smallest absolute Gasteiger partial charge is 0.303 e. The molecular weight excluding hydrogens is 852 g/mol. The van der Waals surface area contributed by atoms with Gasteiger partial charge in [-0.25, -0.2) is 0 Å². The van der Waals surface area contributed by atoms with Gasteiger partial charge in [-0.05, 0) is 117 Å². The number of aliphatic hydroxyl groups excluding tert-OH is 8. The van der Waals surface area contributed by atoms with Crippen molar-refractivity contribution >= 4 is 5.97 Å². The minimum atomic E-state index is -1.69. The quantitative estimate of drug-likeness (QED) is 0.112. The summed E-state index contributed by atoms with van der Waals surface area (Å²) < 4.78 is 50.1. The minimum Gasteiger partial charge on any atom is -0.457 e. The van der Waals surface area contributed by atoms with Gasteiger partial charge < -0.3 is 83.9 Å². The first kappa shape index (κ1) is 48.8. The van der Waals surface area contributed by atoms with Crippen LogP contribution in [0.15, 0.2) is 0 Å². The fraction of sp³-hybridized carbons (Fsp3) is 0.979. The van der Waals surface area contributed by atoms with E-state index in [0.717, 1.165) is 32.1 Å². The van der Waals surface area contributed by atoms with Crippen LogP contribution in [0.25, 0.3) is 0 Å². The molecule has 9 aliphatic rings. The van der Waals surface area contributed by atoms with E-state index in [9.17, 15) is 50.8 Å². The van der Waals surface area contributed by atoms with Crippen molar-refractivity contribution in [2.24, 2.45) is 44.8 Å². The third-order valence-corrected chi connectivity index (χ3v) is 19.2. The maximum atomic E-state index is 12.4. The van der Waals surface area contributed by atoms with E-state index in [-0.39, 0.29) is 65.3 Å². The third kappa shape index (κ3) is 7.44. The molecule has 9 rings (SSSR count).